The van der Waals surface area contributed by atoms with Crippen LogP contribution >= 0.6 is 0 Å². The number of aliphatic hydroxyl groups excluding tert-OH is 1. The van der Waals surface area contributed by atoms with Crippen LogP contribution < -0.4 is 19.7 Å². The van der Waals surface area contributed by atoms with E-state index in [1.54, 1.807) is 31.3 Å². The molecule has 172 valence electrons. The first-order valence-electron chi connectivity index (χ1n) is 10.6. The Morgan fingerprint density at radius 2 is 1.79 bits per heavy atom. The average molecular weight is 449 g/mol. The summed E-state index contributed by atoms with van der Waals surface area (Å²) in [6.07, 6.45) is 4.82. The number of nitrogens with zero attached hydrogens (tertiary/aromatic N) is 5. The molecule has 0 spiro atoms. The molecule has 2 heterocycles. The van der Waals surface area contributed by atoms with Gasteiger partial charge in [0.1, 0.15) is 11.5 Å². The molecule has 0 saturated heterocycles. The summed E-state index contributed by atoms with van der Waals surface area (Å²) in [5, 5.41) is 17.8. The van der Waals surface area contributed by atoms with Crippen molar-refractivity contribution in [1.29, 1.82) is 0 Å². The van der Waals surface area contributed by atoms with Crippen LogP contribution in [0.25, 0.3) is 22.3 Å². The fourth-order valence-electron chi connectivity index (χ4n) is 3.68. The predicted molar refractivity (Wildman–Crippen MR) is 128 cm³/mol. The lowest BCUT2D eigenvalue weighted by Gasteiger charge is -2.28. The maximum absolute atomic E-state index is 10.6. The molecular formula is C24H28N6O3. The first-order chi connectivity index (χ1) is 16.0. The van der Waals surface area contributed by atoms with E-state index in [0.717, 1.165) is 33.7 Å². The molecular weight excluding hydrogens is 420 g/mol. The number of rotatable bonds is 9. The molecule has 4 aromatic rings. The van der Waals surface area contributed by atoms with Gasteiger partial charge in [-0.05, 0) is 25.2 Å². The number of methoxy groups -OCH3 is 2. The normalized spacial score (nSPS) is 12.0. The molecule has 0 fully saturated rings. The van der Waals surface area contributed by atoms with Gasteiger partial charge in [-0.1, -0.05) is 0 Å². The summed E-state index contributed by atoms with van der Waals surface area (Å²) in [7, 11) is 6.91. The van der Waals surface area contributed by atoms with Crippen LogP contribution in [0.3, 0.4) is 0 Å². The third-order valence-corrected chi connectivity index (χ3v) is 5.32. The van der Waals surface area contributed by atoms with Gasteiger partial charge in [0.25, 0.3) is 0 Å². The lowest BCUT2D eigenvalue weighted by Crippen LogP contribution is -2.35. The zero-order chi connectivity index (χ0) is 23.4. The summed E-state index contributed by atoms with van der Waals surface area (Å²) in [4.78, 5) is 11.4. The van der Waals surface area contributed by atoms with E-state index in [1.807, 2.05) is 61.6 Å². The first-order valence-corrected chi connectivity index (χ1v) is 10.6. The molecule has 2 N–H and O–H groups in total. The number of likely N-dealkylation sites (N-methyl/N-ethyl adjacent to an activating group) is 1. The minimum absolute atomic E-state index is 0.360. The van der Waals surface area contributed by atoms with Gasteiger partial charge in [-0.25, -0.2) is 4.98 Å². The van der Waals surface area contributed by atoms with E-state index >= 15 is 0 Å². The second kappa shape index (κ2) is 9.85. The molecule has 2 aromatic carbocycles. The number of anilines is 2. The van der Waals surface area contributed by atoms with Gasteiger partial charge >= 0.3 is 0 Å². The van der Waals surface area contributed by atoms with Crippen molar-refractivity contribution < 1.29 is 14.6 Å². The van der Waals surface area contributed by atoms with E-state index in [2.05, 4.69) is 15.4 Å². The maximum Gasteiger partial charge on any atom is 0.124 e. The Bertz CT molecular complexity index is 1220. The molecule has 4 rings (SSSR count). The van der Waals surface area contributed by atoms with Crippen LogP contribution in [-0.4, -0.2) is 65.3 Å². The van der Waals surface area contributed by atoms with Gasteiger partial charge < -0.3 is 24.8 Å². The van der Waals surface area contributed by atoms with E-state index in [-0.39, 0.29) is 0 Å². The van der Waals surface area contributed by atoms with Crippen LogP contribution in [0.5, 0.6) is 11.5 Å². The summed E-state index contributed by atoms with van der Waals surface area (Å²) in [5.41, 5.74) is 4.87. The van der Waals surface area contributed by atoms with Gasteiger partial charge in [-0.2, -0.15) is 5.10 Å². The van der Waals surface area contributed by atoms with Crippen molar-refractivity contribution in [2.75, 3.05) is 39.3 Å². The molecule has 9 nitrogen and oxygen atoms in total. The van der Waals surface area contributed by atoms with Crippen molar-refractivity contribution in [2.45, 2.75) is 6.10 Å². The lowest BCUT2D eigenvalue weighted by molar-refractivity contribution is 0.182. The quantitative estimate of drug-likeness (QED) is 0.403. The third-order valence-electron chi connectivity index (χ3n) is 5.32. The van der Waals surface area contributed by atoms with E-state index in [9.17, 15) is 5.11 Å². The number of hydrogen-bond acceptors (Lipinski definition) is 8. The van der Waals surface area contributed by atoms with Crippen LogP contribution in [0.4, 0.5) is 11.4 Å². The predicted octanol–water partition coefficient (Wildman–Crippen LogP) is 2.77. The van der Waals surface area contributed by atoms with Gasteiger partial charge in [-0.15, -0.1) is 0 Å². The number of fused-ring (bicyclic) bond motifs is 1. The van der Waals surface area contributed by atoms with Crippen LogP contribution in [0.15, 0.2) is 55.0 Å². The highest BCUT2D eigenvalue weighted by Gasteiger charge is 2.17. The number of benzene rings is 2. The minimum Gasteiger partial charge on any atom is -0.497 e. The monoisotopic (exact) mass is 448 g/mol. The Morgan fingerprint density at radius 1 is 1.03 bits per heavy atom. The van der Waals surface area contributed by atoms with Gasteiger partial charge in [-0.3, -0.25) is 9.67 Å². The summed E-state index contributed by atoms with van der Waals surface area (Å²) < 4.78 is 12.7. The molecule has 0 radical (unpaired) electrons. The Labute approximate surface area is 192 Å². The minimum atomic E-state index is -0.601. The highest BCUT2D eigenvalue weighted by atomic mass is 16.5. The standard InChI is InChI=1S/C24H28N6O3/c1-25-12-19(31)15-30(18-7-20(32-3)10-21(8-18)33-4)17-5-6-22-23(9-17)28-24(13-26-22)16-11-27-29(2)14-16/h5-11,13-14,19,25,31H,12,15H2,1-4H3/t19-/m1/s1. The lowest BCUT2D eigenvalue weighted by atomic mass is 10.1. The van der Waals surface area contributed by atoms with E-state index in [0.29, 0.717) is 24.6 Å². The second-order valence-corrected chi connectivity index (χ2v) is 7.72. The topological polar surface area (TPSA) is 97.6 Å². The number of nitrogens with one attached hydrogen (secondary N) is 1. The van der Waals surface area contributed by atoms with Crippen LogP contribution in [-0.2, 0) is 7.05 Å². The molecule has 0 aliphatic carbocycles. The largest absolute Gasteiger partial charge is 0.497 e. The van der Waals surface area contributed by atoms with E-state index in [1.165, 1.54) is 0 Å². The Morgan fingerprint density at radius 3 is 2.42 bits per heavy atom. The molecule has 0 saturated carbocycles. The summed E-state index contributed by atoms with van der Waals surface area (Å²) in [6, 6.07) is 11.5. The smallest absolute Gasteiger partial charge is 0.124 e. The molecule has 1 atom stereocenters. The fraction of sp³-hybridized carbons (Fsp3) is 0.292. The Kier molecular flexibility index (Phi) is 6.71. The van der Waals surface area contributed by atoms with Gasteiger partial charge in [0.2, 0.25) is 0 Å². The highest BCUT2D eigenvalue weighted by molar-refractivity contribution is 5.82. The molecule has 9 heteroatoms. The Balaban J connectivity index is 1.79. The second-order valence-electron chi connectivity index (χ2n) is 7.72. The van der Waals surface area contributed by atoms with Crippen molar-refractivity contribution in [2.24, 2.45) is 7.05 Å². The van der Waals surface area contributed by atoms with Crippen molar-refractivity contribution in [3.8, 4) is 22.8 Å². The van der Waals surface area contributed by atoms with Crippen molar-refractivity contribution in [3.63, 3.8) is 0 Å². The van der Waals surface area contributed by atoms with Crippen molar-refractivity contribution >= 4 is 22.4 Å². The number of aromatic nitrogens is 4. The summed E-state index contributed by atoms with van der Waals surface area (Å²) in [6.45, 7) is 0.814. The average Bonchev–Trinajstić information content (AvgIpc) is 3.27. The van der Waals surface area contributed by atoms with Crippen molar-refractivity contribution in [1.82, 2.24) is 25.1 Å². The zero-order valence-electron chi connectivity index (χ0n) is 19.2. The van der Waals surface area contributed by atoms with E-state index in [4.69, 9.17) is 14.5 Å². The molecule has 0 aliphatic heterocycles. The zero-order valence-corrected chi connectivity index (χ0v) is 19.2. The van der Waals surface area contributed by atoms with Gasteiger partial charge in [0.15, 0.2) is 0 Å². The SMILES string of the molecule is CNC[C@@H](O)CN(c1cc(OC)cc(OC)c1)c1ccc2ncc(-c3cnn(C)c3)nc2c1. The molecule has 0 unspecified atom stereocenters. The van der Waals surface area contributed by atoms with Gasteiger partial charge in [0, 0.05) is 54.9 Å². The molecule has 0 amide bonds. The van der Waals surface area contributed by atoms with Crippen molar-refractivity contribution in [3.05, 3.63) is 55.0 Å². The maximum atomic E-state index is 10.6. The van der Waals surface area contributed by atoms with Crippen LogP contribution in [0.2, 0.25) is 0 Å². The number of aliphatic hydroxyl groups is 1. The summed E-state index contributed by atoms with van der Waals surface area (Å²) >= 11 is 0. The number of hydrogen-bond donors (Lipinski definition) is 2. The van der Waals surface area contributed by atoms with E-state index < -0.39 is 6.10 Å². The number of ether oxygens (including phenoxy) is 2. The molecule has 2 aromatic heterocycles. The van der Waals surface area contributed by atoms with Gasteiger partial charge in [0.05, 0.1) is 56.0 Å². The molecule has 0 bridgehead atoms. The third kappa shape index (κ3) is 5.05. The number of aryl methyl sites for hydroxylation is 1. The fourth-order valence-corrected chi connectivity index (χ4v) is 3.68. The first kappa shape index (κ1) is 22.5. The molecule has 0 aliphatic rings. The van der Waals surface area contributed by atoms with Crippen LogP contribution in [0.1, 0.15) is 0 Å². The summed E-state index contributed by atoms with van der Waals surface area (Å²) in [5.74, 6) is 1.33. The molecule has 33 heavy (non-hydrogen) atoms. The highest BCUT2D eigenvalue weighted by Crippen LogP contribution is 2.34. The Hall–Kier alpha value is -3.69. The van der Waals surface area contributed by atoms with Crippen LogP contribution in [0, 0.1) is 0 Å².